The van der Waals surface area contributed by atoms with Gasteiger partial charge in [0.2, 0.25) is 5.91 Å². The van der Waals surface area contributed by atoms with Crippen LogP contribution in [0.3, 0.4) is 0 Å². The summed E-state index contributed by atoms with van der Waals surface area (Å²) in [5.41, 5.74) is 4.05. The van der Waals surface area contributed by atoms with Crippen molar-refractivity contribution in [1.29, 1.82) is 0 Å². The Bertz CT molecular complexity index is 913. The summed E-state index contributed by atoms with van der Waals surface area (Å²) in [4.78, 5) is 26.6. The minimum absolute atomic E-state index is 0.0173. The van der Waals surface area contributed by atoms with Gasteiger partial charge in [-0.25, -0.2) is 9.82 Å². The van der Waals surface area contributed by atoms with Gasteiger partial charge >= 0.3 is 0 Å². The monoisotopic (exact) mass is 414 g/mol. The average molecular weight is 414 g/mol. The average Bonchev–Trinajstić information content (AvgIpc) is 2.76. The van der Waals surface area contributed by atoms with Gasteiger partial charge in [-0.1, -0.05) is 12.1 Å². The second-order valence-corrected chi connectivity index (χ2v) is 6.52. The van der Waals surface area contributed by atoms with Gasteiger partial charge in [0.25, 0.3) is 5.91 Å². The first kappa shape index (κ1) is 22.9. The van der Waals surface area contributed by atoms with Crippen LogP contribution >= 0.6 is 0 Å². The molecule has 0 saturated heterocycles. The predicted molar refractivity (Wildman–Crippen MR) is 116 cm³/mol. The lowest BCUT2D eigenvalue weighted by Gasteiger charge is -2.22. The second kappa shape index (κ2) is 10.9. The third kappa shape index (κ3) is 5.79. The van der Waals surface area contributed by atoms with E-state index in [0.29, 0.717) is 11.3 Å². The number of ether oxygens (including phenoxy) is 1. The van der Waals surface area contributed by atoms with Gasteiger partial charge in [0.15, 0.2) is 0 Å². The van der Waals surface area contributed by atoms with Crippen LogP contribution in [0.1, 0.15) is 26.3 Å². The molecule has 0 aliphatic rings. The molecule has 0 radical (unpaired) electrons. The van der Waals surface area contributed by atoms with E-state index in [0.717, 1.165) is 18.8 Å². The van der Waals surface area contributed by atoms with E-state index in [2.05, 4.69) is 34.6 Å². The van der Waals surface area contributed by atoms with E-state index in [9.17, 15) is 14.0 Å². The molecule has 0 heterocycles. The highest BCUT2D eigenvalue weighted by atomic mass is 19.1. The summed E-state index contributed by atoms with van der Waals surface area (Å²) in [5.74, 6) is -2.26. The summed E-state index contributed by atoms with van der Waals surface area (Å²) in [6.07, 6.45) is 1.45. The lowest BCUT2D eigenvalue weighted by molar-refractivity contribution is -0.131. The molecule has 2 amide bonds. The number of benzene rings is 2. The normalized spacial score (nSPS) is 11.8. The molecule has 0 aromatic heterocycles. The zero-order valence-electron chi connectivity index (χ0n) is 17.6. The maximum Gasteiger partial charge on any atom is 0.252 e. The maximum atomic E-state index is 13.6. The van der Waals surface area contributed by atoms with Crippen molar-refractivity contribution in [3.05, 3.63) is 53.8 Å². The minimum Gasteiger partial charge on any atom is -0.496 e. The lowest BCUT2D eigenvalue weighted by Crippen LogP contribution is -2.34. The molecule has 0 aliphatic heterocycles. The molecule has 1 atom stereocenters. The first-order valence-corrected chi connectivity index (χ1v) is 9.72. The van der Waals surface area contributed by atoms with Gasteiger partial charge in [-0.05, 0) is 45.0 Å². The van der Waals surface area contributed by atoms with Gasteiger partial charge in [0, 0.05) is 30.4 Å². The molecule has 1 unspecified atom stereocenters. The molecule has 160 valence electrons. The van der Waals surface area contributed by atoms with Gasteiger partial charge in [0.1, 0.15) is 17.5 Å². The van der Waals surface area contributed by atoms with Crippen LogP contribution in [0.5, 0.6) is 5.75 Å². The van der Waals surface area contributed by atoms with Crippen LogP contribution in [0.4, 0.5) is 15.8 Å². The van der Waals surface area contributed by atoms with Crippen molar-refractivity contribution >= 4 is 29.4 Å². The quantitative estimate of drug-likeness (QED) is 0.374. The van der Waals surface area contributed by atoms with Gasteiger partial charge < -0.3 is 15.0 Å². The largest absolute Gasteiger partial charge is 0.496 e. The number of halogens is 1. The molecule has 0 fully saturated rings. The number of amides is 2. The van der Waals surface area contributed by atoms with Crippen LogP contribution in [0.15, 0.2) is 47.6 Å². The van der Waals surface area contributed by atoms with Crippen molar-refractivity contribution in [2.45, 2.75) is 20.8 Å². The van der Waals surface area contributed by atoms with E-state index in [1.165, 1.54) is 31.3 Å². The molecule has 0 spiro atoms. The first-order valence-electron chi connectivity index (χ1n) is 9.72. The number of hydrogen-bond acceptors (Lipinski definition) is 5. The summed E-state index contributed by atoms with van der Waals surface area (Å²) in [7, 11) is 1.56. The van der Waals surface area contributed by atoms with Crippen LogP contribution in [-0.4, -0.2) is 38.2 Å². The number of anilines is 2. The number of hydrogen-bond donors (Lipinski definition) is 2. The molecule has 2 aromatic rings. The zero-order chi connectivity index (χ0) is 22.1. The molecular weight excluding hydrogens is 387 g/mol. The minimum atomic E-state index is -1.06. The molecule has 0 bridgehead atoms. The second-order valence-electron chi connectivity index (χ2n) is 6.52. The summed E-state index contributed by atoms with van der Waals surface area (Å²) in [5, 5.41) is 6.31. The van der Waals surface area contributed by atoms with E-state index in [1.807, 2.05) is 18.2 Å². The highest BCUT2D eigenvalue weighted by Gasteiger charge is 2.22. The molecule has 0 aliphatic carbocycles. The molecular formula is C22H27FN4O3. The van der Waals surface area contributed by atoms with Gasteiger partial charge in [-0.2, -0.15) is 5.10 Å². The Balaban J connectivity index is 2.01. The Morgan fingerprint density at radius 3 is 2.50 bits per heavy atom. The van der Waals surface area contributed by atoms with Crippen molar-refractivity contribution in [3.63, 3.8) is 0 Å². The Kier molecular flexibility index (Phi) is 8.34. The van der Waals surface area contributed by atoms with E-state index in [-0.39, 0.29) is 5.69 Å². The Morgan fingerprint density at radius 1 is 1.17 bits per heavy atom. The fourth-order valence-electron chi connectivity index (χ4n) is 2.78. The van der Waals surface area contributed by atoms with Gasteiger partial charge in [-0.3, -0.25) is 9.59 Å². The van der Waals surface area contributed by atoms with Crippen LogP contribution in [0.25, 0.3) is 0 Å². The van der Waals surface area contributed by atoms with Crippen molar-refractivity contribution in [2.24, 2.45) is 11.0 Å². The predicted octanol–water partition coefficient (Wildman–Crippen LogP) is 3.41. The van der Waals surface area contributed by atoms with Crippen LogP contribution in [0, 0.1) is 11.7 Å². The third-order valence-corrected chi connectivity index (χ3v) is 4.64. The summed E-state index contributed by atoms with van der Waals surface area (Å²) in [6, 6.07) is 11.4. The van der Waals surface area contributed by atoms with E-state index < -0.39 is 23.5 Å². The third-order valence-electron chi connectivity index (χ3n) is 4.64. The number of nitrogens with zero attached hydrogens (tertiary/aromatic N) is 2. The van der Waals surface area contributed by atoms with Crippen LogP contribution in [-0.2, 0) is 9.59 Å². The van der Waals surface area contributed by atoms with E-state index in [1.54, 1.807) is 13.2 Å². The number of methoxy groups -OCH3 is 1. The molecule has 8 heteroatoms. The lowest BCUT2D eigenvalue weighted by atomic mass is 10.1. The van der Waals surface area contributed by atoms with Crippen molar-refractivity contribution in [3.8, 4) is 5.75 Å². The molecule has 0 saturated carbocycles. The van der Waals surface area contributed by atoms with Crippen molar-refractivity contribution in [1.82, 2.24) is 5.43 Å². The Labute approximate surface area is 175 Å². The highest BCUT2D eigenvalue weighted by molar-refractivity contribution is 6.06. The van der Waals surface area contributed by atoms with Crippen molar-refractivity contribution in [2.75, 3.05) is 30.4 Å². The molecule has 2 N–H and O–H groups in total. The molecule has 2 rings (SSSR count). The van der Waals surface area contributed by atoms with E-state index in [4.69, 9.17) is 4.74 Å². The van der Waals surface area contributed by atoms with Crippen LogP contribution in [0.2, 0.25) is 0 Å². The van der Waals surface area contributed by atoms with E-state index >= 15 is 0 Å². The number of para-hydroxylation sites is 1. The van der Waals surface area contributed by atoms with Crippen LogP contribution < -0.4 is 20.4 Å². The Morgan fingerprint density at radius 2 is 1.87 bits per heavy atom. The fourth-order valence-corrected chi connectivity index (χ4v) is 2.78. The van der Waals surface area contributed by atoms with Crippen molar-refractivity contribution < 1.29 is 18.7 Å². The maximum absolute atomic E-state index is 13.6. The molecule has 30 heavy (non-hydrogen) atoms. The number of nitrogens with one attached hydrogen (secondary N) is 2. The number of rotatable bonds is 9. The standard InChI is InChI=1S/C22H27FN4O3/c1-5-27(6-2)17-12-11-16(20(13-17)30-4)14-24-26-22(29)15(3)21(28)25-19-10-8-7-9-18(19)23/h7-15H,5-6H2,1-4H3,(H,25,28)(H,26,29). The Hall–Kier alpha value is -3.42. The number of carbonyl (C=O) groups excluding carboxylic acids is 2. The molecule has 2 aromatic carbocycles. The molecule has 7 nitrogen and oxygen atoms in total. The number of carbonyl (C=O) groups is 2. The topological polar surface area (TPSA) is 83.0 Å². The smallest absolute Gasteiger partial charge is 0.252 e. The first-order chi connectivity index (χ1) is 14.4. The fraction of sp³-hybridized carbons (Fsp3) is 0.318. The SMILES string of the molecule is CCN(CC)c1ccc(C=NNC(=O)C(C)C(=O)Nc2ccccc2F)c(OC)c1. The summed E-state index contributed by atoms with van der Waals surface area (Å²) < 4.78 is 19.1. The summed E-state index contributed by atoms with van der Waals surface area (Å²) in [6.45, 7) is 7.31. The van der Waals surface area contributed by atoms with Gasteiger partial charge in [-0.15, -0.1) is 0 Å². The van der Waals surface area contributed by atoms with Gasteiger partial charge in [0.05, 0.1) is 19.0 Å². The zero-order valence-corrected chi connectivity index (χ0v) is 17.6. The summed E-state index contributed by atoms with van der Waals surface area (Å²) >= 11 is 0. The highest BCUT2D eigenvalue weighted by Crippen LogP contribution is 2.24. The number of hydrazone groups is 1.